The minimum atomic E-state index is -2.75. The molecule has 0 saturated heterocycles. The number of amides is 1. The van der Waals surface area contributed by atoms with Crippen molar-refractivity contribution in [2.45, 2.75) is 26.2 Å². The summed E-state index contributed by atoms with van der Waals surface area (Å²) in [6.07, 6.45) is 0. The first kappa shape index (κ1) is 17.0. The molecule has 0 spiro atoms. The van der Waals surface area contributed by atoms with E-state index in [4.69, 9.17) is 0 Å². The molecule has 0 heterocycles. The molecule has 0 aliphatic heterocycles. The second kappa shape index (κ2) is 6.83. The summed E-state index contributed by atoms with van der Waals surface area (Å²) >= 11 is 0. The van der Waals surface area contributed by atoms with Gasteiger partial charge in [0.2, 0.25) is 10.9 Å². The molecular formula is C17H20N2O3S. The minimum absolute atomic E-state index is 0.0531. The highest BCUT2D eigenvalue weighted by atomic mass is 32.2. The molecule has 2 aromatic carbocycles. The average molecular weight is 332 g/mol. The van der Waals surface area contributed by atoms with Gasteiger partial charge in [-0.2, -0.15) is 0 Å². The topological polar surface area (TPSA) is 75.3 Å². The van der Waals surface area contributed by atoms with Gasteiger partial charge in [0, 0.05) is 16.9 Å². The lowest BCUT2D eigenvalue weighted by Gasteiger charge is -2.19. The number of carbonyl (C=O) groups excluding carboxylic acids is 1. The van der Waals surface area contributed by atoms with E-state index in [0.717, 1.165) is 0 Å². The molecule has 0 aliphatic rings. The zero-order valence-corrected chi connectivity index (χ0v) is 14.2. The van der Waals surface area contributed by atoms with E-state index in [0.29, 0.717) is 16.9 Å². The Morgan fingerprint density at radius 3 is 2.17 bits per heavy atom. The molecule has 0 aromatic heterocycles. The third kappa shape index (κ3) is 4.82. The van der Waals surface area contributed by atoms with Crippen molar-refractivity contribution < 1.29 is 13.2 Å². The highest BCUT2D eigenvalue weighted by molar-refractivity contribution is 7.73. The smallest absolute Gasteiger partial charge is 0.255 e. The lowest BCUT2D eigenvalue weighted by Crippen LogP contribution is -2.13. The Kier molecular flexibility index (Phi) is 5.05. The van der Waals surface area contributed by atoms with Gasteiger partial charge in [-0.3, -0.25) is 9.52 Å². The Morgan fingerprint density at radius 1 is 0.957 bits per heavy atom. The van der Waals surface area contributed by atoms with Crippen LogP contribution >= 0.6 is 0 Å². The molecule has 23 heavy (non-hydrogen) atoms. The Balaban J connectivity index is 2.13. The highest BCUT2D eigenvalue weighted by Crippen LogP contribution is 2.23. The van der Waals surface area contributed by atoms with Crippen molar-refractivity contribution in [3.63, 3.8) is 0 Å². The zero-order valence-electron chi connectivity index (χ0n) is 13.3. The molecule has 0 bridgehead atoms. The quantitative estimate of drug-likeness (QED) is 0.753. The maximum Gasteiger partial charge on any atom is 0.255 e. The van der Waals surface area contributed by atoms with Crippen LogP contribution in [0.15, 0.2) is 48.5 Å². The summed E-state index contributed by atoms with van der Waals surface area (Å²) in [5, 5.41) is 2.80. The molecule has 2 rings (SSSR count). The summed E-state index contributed by atoms with van der Waals surface area (Å²) in [6, 6.07) is 14.0. The van der Waals surface area contributed by atoms with Gasteiger partial charge in [0.25, 0.3) is 5.91 Å². The molecule has 122 valence electrons. The van der Waals surface area contributed by atoms with Crippen LogP contribution in [0.3, 0.4) is 0 Å². The van der Waals surface area contributed by atoms with Crippen molar-refractivity contribution in [1.82, 2.24) is 0 Å². The largest absolute Gasteiger partial charge is 0.322 e. The van der Waals surface area contributed by atoms with Crippen molar-refractivity contribution in [2.24, 2.45) is 0 Å². The van der Waals surface area contributed by atoms with Crippen LogP contribution in [0.4, 0.5) is 11.4 Å². The average Bonchev–Trinajstić information content (AvgIpc) is 2.46. The molecule has 0 fully saturated rings. The van der Waals surface area contributed by atoms with E-state index in [1.54, 1.807) is 18.2 Å². The van der Waals surface area contributed by atoms with Crippen molar-refractivity contribution in [3.8, 4) is 0 Å². The summed E-state index contributed by atoms with van der Waals surface area (Å²) in [5.41, 5.74) is 2.66. The van der Waals surface area contributed by atoms with E-state index in [2.05, 4.69) is 30.8 Å². The molecule has 1 amide bonds. The highest BCUT2D eigenvalue weighted by Gasteiger charge is 2.13. The van der Waals surface area contributed by atoms with E-state index in [1.807, 2.05) is 24.3 Å². The number of hydrogen-bond acceptors (Lipinski definition) is 3. The van der Waals surface area contributed by atoms with Gasteiger partial charge >= 0.3 is 0 Å². The van der Waals surface area contributed by atoms with E-state index in [1.165, 1.54) is 11.6 Å². The first-order valence-corrected chi connectivity index (χ1v) is 8.36. The third-order valence-electron chi connectivity index (χ3n) is 3.35. The summed E-state index contributed by atoms with van der Waals surface area (Å²) in [7, 11) is -2.75. The van der Waals surface area contributed by atoms with Crippen LogP contribution in [0.25, 0.3) is 0 Å². The first-order valence-electron chi connectivity index (χ1n) is 7.19. The van der Waals surface area contributed by atoms with Crippen LogP contribution in [0.5, 0.6) is 0 Å². The number of carbonyl (C=O) groups is 1. The van der Waals surface area contributed by atoms with E-state index < -0.39 is 10.9 Å². The summed E-state index contributed by atoms with van der Waals surface area (Å²) in [5.74, 6) is -0.293. The van der Waals surface area contributed by atoms with Gasteiger partial charge in [0.15, 0.2) is 0 Å². The van der Waals surface area contributed by atoms with Gasteiger partial charge in [-0.05, 0) is 41.3 Å². The number of thiol groups is 1. The second-order valence-electron chi connectivity index (χ2n) is 6.23. The molecule has 0 atom stereocenters. The first-order chi connectivity index (χ1) is 10.8. The molecular weight excluding hydrogens is 312 g/mol. The van der Waals surface area contributed by atoms with Crippen LogP contribution in [-0.2, 0) is 16.3 Å². The predicted molar refractivity (Wildman–Crippen MR) is 93.5 cm³/mol. The molecule has 0 radical (unpaired) electrons. The third-order valence-corrected chi connectivity index (χ3v) is 3.79. The van der Waals surface area contributed by atoms with Crippen LogP contribution in [0.2, 0.25) is 0 Å². The SMILES string of the molecule is CC(C)(C)c1ccc(NC(=O)c2cccc(N[SH](=O)=O)c2)cc1. The van der Waals surface area contributed by atoms with Gasteiger partial charge < -0.3 is 5.32 Å². The van der Waals surface area contributed by atoms with E-state index in [9.17, 15) is 13.2 Å². The second-order valence-corrected chi connectivity index (χ2v) is 6.97. The molecule has 5 nitrogen and oxygen atoms in total. The molecule has 0 unspecified atom stereocenters. The monoisotopic (exact) mass is 332 g/mol. The van der Waals surface area contributed by atoms with Gasteiger partial charge in [0.05, 0.1) is 0 Å². The molecule has 2 N–H and O–H groups in total. The predicted octanol–water partition coefficient (Wildman–Crippen LogP) is 3.17. The Morgan fingerprint density at radius 2 is 1.61 bits per heavy atom. The van der Waals surface area contributed by atoms with Crippen molar-refractivity contribution in [2.75, 3.05) is 10.0 Å². The minimum Gasteiger partial charge on any atom is -0.322 e. The fourth-order valence-electron chi connectivity index (χ4n) is 2.09. The van der Waals surface area contributed by atoms with Crippen LogP contribution in [0.1, 0.15) is 36.7 Å². The lowest BCUT2D eigenvalue weighted by atomic mass is 9.87. The van der Waals surface area contributed by atoms with Gasteiger partial charge in [0.1, 0.15) is 0 Å². The van der Waals surface area contributed by atoms with Gasteiger partial charge in [-0.1, -0.05) is 39.0 Å². The van der Waals surface area contributed by atoms with Crippen LogP contribution in [0, 0.1) is 0 Å². The number of hydrogen-bond donors (Lipinski definition) is 3. The van der Waals surface area contributed by atoms with Crippen molar-refractivity contribution in [1.29, 1.82) is 0 Å². The number of benzene rings is 2. The molecule has 2 aromatic rings. The Labute approximate surface area is 137 Å². The van der Waals surface area contributed by atoms with E-state index >= 15 is 0 Å². The standard InChI is InChI=1S/C17H20N2O3S/c1-17(2,3)13-7-9-14(10-8-13)18-16(20)12-5-4-6-15(11-12)19-23(21)22/h4-11,23H,1-3H3,(H,18,20)(H,19,21,22). The Hall–Kier alpha value is -2.34. The molecule has 0 aliphatic carbocycles. The summed E-state index contributed by atoms with van der Waals surface area (Å²) in [4.78, 5) is 12.2. The molecule has 6 heteroatoms. The fourth-order valence-corrected chi connectivity index (χ4v) is 2.44. The summed E-state index contributed by atoms with van der Waals surface area (Å²) in [6.45, 7) is 6.37. The van der Waals surface area contributed by atoms with E-state index in [-0.39, 0.29) is 11.3 Å². The maximum absolute atomic E-state index is 12.2. The van der Waals surface area contributed by atoms with Crippen LogP contribution < -0.4 is 10.0 Å². The summed E-state index contributed by atoms with van der Waals surface area (Å²) < 4.78 is 23.6. The van der Waals surface area contributed by atoms with Gasteiger partial charge in [-0.15, -0.1) is 0 Å². The fraction of sp³-hybridized carbons (Fsp3) is 0.235. The maximum atomic E-state index is 12.2. The van der Waals surface area contributed by atoms with Crippen LogP contribution in [-0.4, -0.2) is 14.3 Å². The number of nitrogens with one attached hydrogen (secondary N) is 2. The zero-order chi connectivity index (χ0) is 17.0. The van der Waals surface area contributed by atoms with Crippen molar-refractivity contribution >= 4 is 28.2 Å². The van der Waals surface area contributed by atoms with Crippen molar-refractivity contribution in [3.05, 3.63) is 59.7 Å². The molecule has 0 saturated carbocycles. The Bertz CT molecular complexity index is 767. The lowest BCUT2D eigenvalue weighted by molar-refractivity contribution is 0.102. The number of rotatable bonds is 4. The van der Waals surface area contributed by atoms with Gasteiger partial charge in [-0.25, -0.2) is 8.42 Å². The normalized spacial score (nSPS) is 11.3. The number of anilines is 2.